The fourth-order valence-corrected chi connectivity index (χ4v) is 5.40. The van der Waals surface area contributed by atoms with Crippen LogP contribution in [0, 0.1) is 5.41 Å². The third-order valence-corrected chi connectivity index (χ3v) is 6.55. The fraction of sp³-hybridized carbons (Fsp3) is 1.00. The zero-order valence-corrected chi connectivity index (χ0v) is 13.8. The highest BCUT2D eigenvalue weighted by molar-refractivity contribution is 7.87. The van der Waals surface area contributed by atoms with Gasteiger partial charge < -0.3 is 5.32 Å². The molecule has 2 aliphatic rings. The maximum absolute atomic E-state index is 12.7. The van der Waals surface area contributed by atoms with Crippen LogP contribution in [0.3, 0.4) is 0 Å². The molecule has 0 amide bonds. The highest BCUT2D eigenvalue weighted by Gasteiger charge is 2.40. The van der Waals surface area contributed by atoms with Gasteiger partial charge in [0, 0.05) is 25.2 Å². The minimum absolute atomic E-state index is 0.0708. The second kappa shape index (κ2) is 6.30. The summed E-state index contributed by atoms with van der Waals surface area (Å²) in [7, 11) is -1.48. The normalized spacial score (nSPS) is 31.6. The third kappa shape index (κ3) is 3.53. The lowest BCUT2D eigenvalue weighted by molar-refractivity contribution is 0.237. The molecule has 1 aliphatic heterocycles. The molecule has 0 spiro atoms. The van der Waals surface area contributed by atoms with E-state index in [9.17, 15) is 8.42 Å². The molecule has 2 N–H and O–H groups in total. The van der Waals surface area contributed by atoms with E-state index in [1.807, 2.05) is 7.05 Å². The Kier molecular flexibility index (Phi) is 5.10. The molecule has 0 aromatic rings. The fourth-order valence-electron chi connectivity index (χ4n) is 3.52. The van der Waals surface area contributed by atoms with Gasteiger partial charge in [-0.15, -0.1) is 0 Å². The van der Waals surface area contributed by atoms with Crippen LogP contribution in [-0.2, 0) is 10.2 Å². The van der Waals surface area contributed by atoms with E-state index in [2.05, 4.69) is 23.9 Å². The van der Waals surface area contributed by atoms with Gasteiger partial charge in [-0.3, -0.25) is 0 Å². The largest absolute Gasteiger partial charge is 0.318 e. The molecule has 2 fully saturated rings. The molecule has 1 saturated heterocycles. The first-order valence-corrected chi connectivity index (χ1v) is 9.24. The third-order valence-electron chi connectivity index (χ3n) is 4.87. The van der Waals surface area contributed by atoms with Crippen molar-refractivity contribution >= 4 is 10.2 Å². The number of hydrogen-bond donors (Lipinski definition) is 2. The molecule has 0 aromatic heterocycles. The summed E-state index contributed by atoms with van der Waals surface area (Å²) in [5, 5.41) is 3.12. The molecule has 2 rings (SSSR count). The summed E-state index contributed by atoms with van der Waals surface area (Å²) in [6.07, 6.45) is 6.20. The Morgan fingerprint density at radius 1 is 1.20 bits per heavy atom. The summed E-state index contributed by atoms with van der Waals surface area (Å²) >= 11 is 0. The van der Waals surface area contributed by atoms with Crippen LogP contribution < -0.4 is 10.0 Å². The van der Waals surface area contributed by atoms with Crippen LogP contribution in [0.1, 0.15) is 52.4 Å². The van der Waals surface area contributed by atoms with Gasteiger partial charge in [-0.05, 0) is 38.1 Å². The van der Waals surface area contributed by atoms with Crippen LogP contribution >= 0.6 is 0 Å². The van der Waals surface area contributed by atoms with Crippen molar-refractivity contribution in [2.24, 2.45) is 5.41 Å². The summed E-state index contributed by atoms with van der Waals surface area (Å²) in [6, 6.07) is 0.167. The van der Waals surface area contributed by atoms with E-state index in [1.54, 1.807) is 4.31 Å². The van der Waals surface area contributed by atoms with Crippen molar-refractivity contribution < 1.29 is 8.42 Å². The first-order valence-electron chi connectivity index (χ1n) is 7.80. The molecule has 2 unspecified atom stereocenters. The van der Waals surface area contributed by atoms with Crippen molar-refractivity contribution in [3.8, 4) is 0 Å². The van der Waals surface area contributed by atoms with Crippen LogP contribution in [-0.4, -0.2) is 44.9 Å². The molecule has 0 aromatic carbocycles. The van der Waals surface area contributed by atoms with Gasteiger partial charge in [0.1, 0.15) is 0 Å². The summed E-state index contributed by atoms with van der Waals surface area (Å²) in [5.41, 5.74) is 0.0708. The molecular weight excluding hydrogens is 274 g/mol. The second-order valence-corrected chi connectivity index (χ2v) is 8.53. The monoisotopic (exact) mass is 303 g/mol. The lowest BCUT2D eigenvalue weighted by Gasteiger charge is -2.37. The average molecular weight is 303 g/mol. The van der Waals surface area contributed by atoms with E-state index >= 15 is 0 Å². The van der Waals surface area contributed by atoms with Crippen molar-refractivity contribution in [2.75, 3.05) is 20.1 Å². The minimum atomic E-state index is -3.37. The minimum Gasteiger partial charge on any atom is -0.318 e. The van der Waals surface area contributed by atoms with E-state index in [-0.39, 0.29) is 17.5 Å². The lowest BCUT2D eigenvalue weighted by atomic mass is 9.88. The molecule has 1 saturated carbocycles. The van der Waals surface area contributed by atoms with E-state index in [1.165, 1.54) is 0 Å². The van der Waals surface area contributed by atoms with Gasteiger partial charge >= 0.3 is 0 Å². The van der Waals surface area contributed by atoms with E-state index in [0.29, 0.717) is 6.54 Å². The van der Waals surface area contributed by atoms with Crippen LogP contribution in [0.5, 0.6) is 0 Å². The van der Waals surface area contributed by atoms with Crippen molar-refractivity contribution in [3.05, 3.63) is 0 Å². The van der Waals surface area contributed by atoms with Gasteiger partial charge in [-0.2, -0.15) is 17.4 Å². The number of nitrogens with one attached hydrogen (secondary N) is 2. The molecule has 5 nitrogen and oxygen atoms in total. The summed E-state index contributed by atoms with van der Waals surface area (Å²) < 4.78 is 30.1. The van der Waals surface area contributed by atoms with Gasteiger partial charge in [0.2, 0.25) is 0 Å². The van der Waals surface area contributed by atoms with Crippen LogP contribution in [0.25, 0.3) is 0 Å². The zero-order chi connectivity index (χ0) is 14.8. The molecule has 6 heteroatoms. The van der Waals surface area contributed by atoms with E-state index < -0.39 is 10.2 Å². The molecule has 0 bridgehead atoms. The van der Waals surface area contributed by atoms with E-state index in [4.69, 9.17) is 0 Å². The smallest absolute Gasteiger partial charge is 0.280 e. The van der Waals surface area contributed by atoms with Gasteiger partial charge in [0.05, 0.1) is 0 Å². The molecule has 1 heterocycles. The Bertz CT molecular complexity index is 420. The molecule has 118 valence electrons. The van der Waals surface area contributed by atoms with E-state index in [0.717, 1.165) is 45.1 Å². The first kappa shape index (κ1) is 16.2. The summed E-state index contributed by atoms with van der Waals surface area (Å²) in [4.78, 5) is 0. The molecular formula is C14H29N3O2S. The molecule has 20 heavy (non-hydrogen) atoms. The molecule has 2 atom stereocenters. The second-order valence-electron chi connectivity index (χ2n) is 6.87. The highest BCUT2D eigenvalue weighted by Crippen LogP contribution is 2.37. The van der Waals surface area contributed by atoms with Crippen molar-refractivity contribution in [3.63, 3.8) is 0 Å². The van der Waals surface area contributed by atoms with Crippen LogP contribution in [0.15, 0.2) is 0 Å². The molecule has 1 aliphatic carbocycles. The summed E-state index contributed by atoms with van der Waals surface area (Å²) in [5.74, 6) is 0. The molecule has 0 radical (unpaired) electrons. The summed E-state index contributed by atoms with van der Waals surface area (Å²) in [6.45, 7) is 5.70. The predicted octanol–water partition coefficient (Wildman–Crippen LogP) is 1.47. The SMILES string of the molecule is CNCC1CCCCN1S(=O)(=O)NC1CCCC1(C)C. The number of piperidine rings is 1. The number of hydrogen-bond acceptors (Lipinski definition) is 3. The standard InChI is InChI=1S/C14H29N3O2S/c1-14(2)9-6-8-13(14)16-20(18,19)17-10-5-4-7-12(17)11-15-3/h12-13,15-16H,4-11H2,1-3H3. The van der Waals surface area contributed by atoms with Gasteiger partial charge in [0.15, 0.2) is 0 Å². The van der Waals surface area contributed by atoms with Crippen LogP contribution in [0.4, 0.5) is 0 Å². The topological polar surface area (TPSA) is 61.4 Å². The van der Waals surface area contributed by atoms with Gasteiger partial charge in [0.25, 0.3) is 10.2 Å². The maximum atomic E-state index is 12.7. The van der Waals surface area contributed by atoms with Gasteiger partial charge in [-0.1, -0.05) is 26.7 Å². The Balaban J connectivity index is 2.08. The lowest BCUT2D eigenvalue weighted by Crippen LogP contribution is -2.55. The number of likely N-dealkylation sites (N-methyl/N-ethyl adjacent to an activating group) is 1. The van der Waals surface area contributed by atoms with Crippen molar-refractivity contribution in [1.82, 2.24) is 14.3 Å². The Morgan fingerprint density at radius 3 is 2.55 bits per heavy atom. The maximum Gasteiger partial charge on any atom is 0.280 e. The van der Waals surface area contributed by atoms with Gasteiger partial charge in [-0.25, -0.2) is 0 Å². The first-order chi connectivity index (χ1) is 9.37. The predicted molar refractivity (Wildman–Crippen MR) is 81.7 cm³/mol. The highest BCUT2D eigenvalue weighted by atomic mass is 32.2. The Morgan fingerprint density at radius 2 is 1.95 bits per heavy atom. The van der Waals surface area contributed by atoms with Crippen molar-refractivity contribution in [1.29, 1.82) is 0 Å². The zero-order valence-electron chi connectivity index (χ0n) is 13.0. The number of rotatable bonds is 5. The quantitative estimate of drug-likeness (QED) is 0.808. The van der Waals surface area contributed by atoms with Crippen LogP contribution in [0.2, 0.25) is 0 Å². The van der Waals surface area contributed by atoms with Crippen molar-refractivity contribution in [2.45, 2.75) is 64.5 Å². The Labute approximate surface area is 123 Å². The average Bonchev–Trinajstić information content (AvgIpc) is 2.69. The Hall–Kier alpha value is -0.170. The number of nitrogens with zero attached hydrogens (tertiary/aromatic N) is 1.